The van der Waals surface area contributed by atoms with E-state index in [0.29, 0.717) is 43.2 Å². The highest BCUT2D eigenvalue weighted by Gasteiger charge is 2.19. The molecular formula is C40H50N4O3. The molecule has 4 aromatic carbocycles. The summed E-state index contributed by atoms with van der Waals surface area (Å²) in [5.41, 5.74) is 11.4. The van der Waals surface area contributed by atoms with E-state index in [4.69, 9.17) is 20.2 Å². The van der Waals surface area contributed by atoms with E-state index < -0.39 is 0 Å². The number of nitrogen functional groups attached to an aromatic ring is 1. The number of anilines is 1. The van der Waals surface area contributed by atoms with Gasteiger partial charge in [-0.3, -0.25) is 9.79 Å². The van der Waals surface area contributed by atoms with Gasteiger partial charge in [-0.15, -0.1) is 0 Å². The smallest absolute Gasteiger partial charge is 0.254 e. The number of amides is 1. The van der Waals surface area contributed by atoms with E-state index in [0.717, 1.165) is 73.7 Å². The van der Waals surface area contributed by atoms with Crippen LogP contribution in [0.25, 0.3) is 0 Å². The number of hydrogen-bond acceptors (Lipinski definition) is 6. The monoisotopic (exact) mass is 634 g/mol. The van der Waals surface area contributed by atoms with Crippen LogP contribution in [0.5, 0.6) is 11.5 Å². The molecule has 0 fully saturated rings. The molecule has 248 valence electrons. The van der Waals surface area contributed by atoms with Gasteiger partial charge in [0.25, 0.3) is 5.91 Å². The Balaban J connectivity index is 1.49. The number of nitrogens with two attached hydrogens (primary N) is 1. The Morgan fingerprint density at radius 2 is 1.45 bits per heavy atom. The SMILES string of the molecule is CCCCC(CN(Cc1ccc(OCc2ccccc2)cc1)C(=O)c1ccccc1)=Nc1ccc(OCCCN(CC)CC)cc1N. The number of rotatable bonds is 19. The normalized spacial score (nSPS) is 11.4. The highest BCUT2D eigenvalue weighted by atomic mass is 16.5. The molecule has 1 amide bonds. The zero-order valence-corrected chi connectivity index (χ0v) is 28.2. The molecule has 0 bridgehead atoms. The third-order valence-electron chi connectivity index (χ3n) is 8.10. The van der Waals surface area contributed by atoms with Crippen LogP contribution in [0, 0.1) is 0 Å². The fraction of sp³-hybridized carbons (Fsp3) is 0.350. The lowest BCUT2D eigenvalue weighted by atomic mass is 10.1. The Hall–Kier alpha value is -4.62. The van der Waals surface area contributed by atoms with Crippen LogP contribution in [0.2, 0.25) is 0 Å². The van der Waals surface area contributed by atoms with Crippen LogP contribution in [0.3, 0.4) is 0 Å². The number of benzene rings is 4. The molecule has 0 spiro atoms. The summed E-state index contributed by atoms with van der Waals surface area (Å²) in [7, 11) is 0. The van der Waals surface area contributed by atoms with E-state index in [9.17, 15) is 4.79 Å². The maximum Gasteiger partial charge on any atom is 0.254 e. The zero-order chi connectivity index (χ0) is 33.3. The molecule has 47 heavy (non-hydrogen) atoms. The molecule has 7 heteroatoms. The maximum absolute atomic E-state index is 13.9. The maximum atomic E-state index is 13.9. The fourth-order valence-corrected chi connectivity index (χ4v) is 5.30. The average Bonchev–Trinajstić information content (AvgIpc) is 3.11. The van der Waals surface area contributed by atoms with E-state index in [-0.39, 0.29) is 5.91 Å². The van der Waals surface area contributed by atoms with Crippen molar-refractivity contribution < 1.29 is 14.3 Å². The van der Waals surface area contributed by atoms with E-state index in [1.807, 2.05) is 108 Å². The summed E-state index contributed by atoms with van der Waals surface area (Å²) in [5.74, 6) is 1.49. The lowest BCUT2D eigenvalue weighted by Gasteiger charge is -2.24. The van der Waals surface area contributed by atoms with Crippen LogP contribution < -0.4 is 15.2 Å². The van der Waals surface area contributed by atoms with Crippen molar-refractivity contribution in [3.05, 3.63) is 120 Å². The second-order valence-corrected chi connectivity index (χ2v) is 11.7. The van der Waals surface area contributed by atoms with Crippen LogP contribution in [-0.2, 0) is 13.2 Å². The van der Waals surface area contributed by atoms with Gasteiger partial charge in [-0.05, 0) is 79.9 Å². The average molecular weight is 635 g/mol. The summed E-state index contributed by atoms with van der Waals surface area (Å²) >= 11 is 0. The summed E-state index contributed by atoms with van der Waals surface area (Å²) < 4.78 is 12.0. The van der Waals surface area contributed by atoms with Crippen molar-refractivity contribution in [1.29, 1.82) is 0 Å². The summed E-state index contributed by atoms with van der Waals surface area (Å²) in [6, 6.07) is 33.2. The van der Waals surface area contributed by atoms with Crippen LogP contribution in [-0.4, -0.2) is 54.2 Å². The van der Waals surface area contributed by atoms with Gasteiger partial charge in [0, 0.05) is 30.4 Å². The number of carbonyl (C=O) groups excluding carboxylic acids is 1. The topological polar surface area (TPSA) is 80.4 Å². The molecule has 0 aliphatic carbocycles. The predicted molar refractivity (Wildman–Crippen MR) is 194 cm³/mol. The molecule has 0 aliphatic rings. The first kappa shape index (κ1) is 35.2. The molecule has 0 heterocycles. The lowest BCUT2D eigenvalue weighted by Crippen LogP contribution is -2.35. The third-order valence-corrected chi connectivity index (χ3v) is 8.10. The fourth-order valence-electron chi connectivity index (χ4n) is 5.30. The second kappa shape index (κ2) is 19.1. The van der Waals surface area contributed by atoms with Crippen LogP contribution in [0.1, 0.15) is 67.9 Å². The minimum Gasteiger partial charge on any atom is -0.493 e. The van der Waals surface area contributed by atoms with Crippen LogP contribution in [0.4, 0.5) is 11.4 Å². The first-order valence-corrected chi connectivity index (χ1v) is 16.9. The van der Waals surface area contributed by atoms with E-state index in [1.54, 1.807) is 0 Å². The van der Waals surface area contributed by atoms with Gasteiger partial charge in [0.2, 0.25) is 0 Å². The van der Waals surface area contributed by atoms with Crippen molar-refractivity contribution in [3.8, 4) is 11.5 Å². The molecule has 0 saturated carbocycles. The first-order chi connectivity index (χ1) is 23.0. The number of ether oxygens (including phenoxy) is 2. The highest BCUT2D eigenvalue weighted by molar-refractivity contribution is 5.98. The number of carbonyl (C=O) groups is 1. The molecule has 0 aromatic heterocycles. The minimum absolute atomic E-state index is 0.0411. The molecule has 0 saturated heterocycles. The van der Waals surface area contributed by atoms with Crippen LogP contribution >= 0.6 is 0 Å². The number of nitrogens with zero attached hydrogens (tertiary/aromatic N) is 3. The van der Waals surface area contributed by atoms with Gasteiger partial charge in [-0.25, -0.2) is 0 Å². The predicted octanol–water partition coefficient (Wildman–Crippen LogP) is 8.56. The summed E-state index contributed by atoms with van der Waals surface area (Å²) in [5, 5.41) is 0. The number of hydrogen-bond donors (Lipinski definition) is 1. The summed E-state index contributed by atoms with van der Waals surface area (Å²) in [6.45, 7) is 11.6. The van der Waals surface area contributed by atoms with E-state index in [2.05, 4.69) is 25.7 Å². The van der Waals surface area contributed by atoms with E-state index >= 15 is 0 Å². The molecule has 4 rings (SSSR count). The van der Waals surface area contributed by atoms with Crippen LogP contribution in [0.15, 0.2) is 108 Å². The van der Waals surface area contributed by atoms with Gasteiger partial charge in [0.05, 0.1) is 24.5 Å². The molecule has 4 aromatic rings. The van der Waals surface area contributed by atoms with Crippen molar-refractivity contribution >= 4 is 23.0 Å². The molecular weight excluding hydrogens is 584 g/mol. The second-order valence-electron chi connectivity index (χ2n) is 11.7. The molecule has 0 atom stereocenters. The Bertz CT molecular complexity index is 1520. The number of unbranched alkanes of at least 4 members (excludes halogenated alkanes) is 1. The molecule has 2 N–H and O–H groups in total. The molecule has 7 nitrogen and oxygen atoms in total. The van der Waals surface area contributed by atoms with Gasteiger partial charge in [-0.1, -0.05) is 87.9 Å². The largest absolute Gasteiger partial charge is 0.493 e. The van der Waals surface area contributed by atoms with Crippen molar-refractivity contribution in [2.45, 2.75) is 59.6 Å². The Morgan fingerprint density at radius 3 is 2.11 bits per heavy atom. The van der Waals surface area contributed by atoms with Gasteiger partial charge in [-0.2, -0.15) is 0 Å². The van der Waals surface area contributed by atoms with E-state index in [1.165, 1.54) is 0 Å². The van der Waals surface area contributed by atoms with Gasteiger partial charge < -0.3 is 25.0 Å². The molecule has 0 radical (unpaired) electrons. The first-order valence-electron chi connectivity index (χ1n) is 16.9. The Kier molecular flexibility index (Phi) is 14.3. The minimum atomic E-state index is -0.0411. The lowest BCUT2D eigenvalue weighted by molar-refractivity contribution is 0.0768. The Labute approximate surface area is 281 Å². The van der Waals surface area contributed by atoms with Crippen molar-refractivity contribution in [2.24, 2.45) is 4.99 Å². The van der Waals surface area contributed by atoms with Crippen molar-refractivity contribution in [1.82, 2.24) is 9.80 Å². The number of aliphatic imine (C=N–C) groups is 1. The third kappa shape index (κ3) is 11.6. The molecule has 0 aliphatic heterocycles. The molecule has 0 unspecified atom stereocenters. The van der Waals surface area contributed by atoms with Crippen molar-refractivity contribution in [3.63, 3.8) is 0 Å². The summed E-state index contributed by atoms with van der Waals surface area (Å²) in [6.07, 6.45) is 3.71. The standard InChI is InChI=1S/C40H50N4O3/c1-4-7-19-35(42-39-25-24-37(28-38(39)41)46-27-14-26-43(5-2)6-3)30-44(40(45)34-17-12-9-13-18-34)29-32-20-22-36(23-21-32)47-31-33-15-10-8-11-16-33/h8-13,15-18,20-25,28H,4-7,14,19,26-27,29-31,41H2,1-3H3. The zero-order valence-electron chi connectivity index (χ0n) is 28.2. The quantitative estimate of drug-likeness (QED) is 0.0635. The Morgan fingerprint density at radius 1 is 0.766 bits per heavy atom. The highest BCUT2D eigenvalue weighted by Crippen LogP contribution is 2.28. The van der Waals surface area contributed by atoms with Gasteiger partial charge in [0.15, 0.2) is 0 Å². The van der Waals surface area contributed by atoms with Crippen molar-refractivity contribution in [2.75, 3.05) is 38.5 Å². The summed E-state index contributed by atoms with van der Waals surface area (Å²) in [4.78, 5) is 23.1. The van der Waals surface area contributed by atoms with Gasteiger partial charge in [0.1, 0.15) is 18.1 Å². The van der Waals surface area contributed by atoms with Gasteiger partial charge >= 0.3 is 0 Å².